The monoisotopic (exact) mass is 321 g/mol. The maximum absolute atomic E-state index is 8.19. The molecule has 2 aliphatic carbocycles. The molecule has 0 aliphatic heterocycles. The molecule has 2 heterocycles. The van der Waals surface area contributed by atoms with Crippen molar-refractivity contribution in [1.82, 2.24) is 14.9 Å². The van der Waals surface area contributed by atoms with E-state index in [0.717, 1.165) is 58.6 Å². The van der Waals surface area contributed by atoms with E-state index in [1.807, 2.05) is 0 Å². The summed E-state index contributed by atoms with van der Waals surface area (Å²) in [7, 11) is 1.68. The van der Waals surface area contributed by atoms with Gasteiger partial charge < -0.3 is 10.2 Å². The minimum atomic E-state index is -2.04. The van der Waals surface area contributed by atoms with Crippen molar-refractivity contribution in [2.75, 3.05) is 19.3 Å². The molecule has 0 aromatic carbocycles. The van der Waals surface area contributed by atoms with Gasteiger partial charge in [0.2, 0.25) is 0 Å². The van der Waals surface area contributed by atoms with Gasteiger partial charge in [-0.3, -0.25) is 0 Å². The number of rotatable bonds is 3. The summed E-state index contributed by atoms with van der Waals surface area (Å²) in [6.45, 7) is -2.04. The lowest BCUT2D eigenvalue weighted by molar-refractivity contribution is 0.221. The molecule has 0 amide bonds. The fraction of sp³-hybridized carbons (Fsp3) is 0.647. The molecule has 2 aliphatic rings. The normalized spacial score (nSPS) is 31.1. The van der Waals surface area contributed by atoms with Crippen LogP contribution in [0.1, 0.15) is 49.4 Å². The summed E-state index contributed by atoms with van der Waals surface area (Å²) in [5.74, 6) is 0.794. The Kier molecular flexibility index (Phi) is 2.58. The first-order chi connectivity index (χ1) is 12.7. The SMILES string of the molecule is [2H]C1([2H])CCc2c1sc1ncnc(NC3CCC(N(C)C([2H])([2H])[2H])CC3)c21. The molecule has 0 atom stereocenters. The largest absolute Gasteiger partial charge is 0.367 e. The molecule has 0 radical (unpaired) electrons. The van der Waals surface area contributed by atoms with Crippen LogP contribution in [0, 0.1) is 0 Å². The van der Waals surface area contributed by atoms with Crippen molar-refractivity contribution in [3.05, 3.63) is 16.8 Å². The maximum Gasteiger partial charge on any atom is 0.138 e. The molecule has 0 spiro atoms. The molecule has 1 N–H and O–H groups in total. The summed E-state index contributed by atoms with van der Waals surface area (Å²) in [4.78, 5) is 12.0. The Labute approximate surface area is 143 Å². The third-order valence-electron chi connectivity index (χ3n) is 4.83. The molecule has 2 aromatic rings. The summed E-state index contributed by atoms with van der Waals surface area (Å²) < 4.78 is 39.1. The summed E-state index contributed by atoms with van der Waals surface area (Å²) >= 11 is 1.44. The fourth-order valence-electron chi connectivity index (χ4n) is 3.58. The van der Waals surface area contributed by atoms with Gasteiger partial charge >= 0.3 is 0 Å². The van der Waals surface area contributed by atoms with E-state index in [9.17, 15) is 0 Å². The van der Waals surface area contributed by atoms with E-state index in [1.54, 1.807) is 13.4 Å². The van der Waals surface area contributed by atoms with Crippen LogP contribution < -0.4 is 5.32 Å². The zero-order valence-electron chi connectivity index (χ0n) is 17.7. The predicted molar refractivity (Wildman–Crippen MR) is 92.8 cm³/mol. The van der Waals surface area contributed by atoms with E-state index < -0.39 is 13.3 Å². The van der Waals surface area contributed by atoms with Crippen LogP contribution in [0.4, 0.5) is 5.82 Å². The molecule has 0 saturated heterocycles. The van der Waals surface area contributed by atoms with Gasteiger partial charge in [0, 0.05) is 23.8 Å². The Morgan fingerprint density at radius 2 is 2.23 bits per heavy atom. The van der Waals surface area contributed by atoms with Gasteiger partial charge in [0.1, 0.15) is 17.0 Å². The lowest BCUT2D eigenvalue weighted by Crippen LogP contribution is -2.36. The number of nitrogens with zero attached hydrogens (tertiary/aromatic N) is 3. The van der Waals surface area contributed by atoms with Crippen molar-refractivity contribution < 1.29 is 6.85 Å². The number of aryl methyl sites for hydroxylation is 2. The standard InChI is InChI=1S/C17H24N4S/c1-21(2)12-8-6-11(7-9-12)20-16-15-13-4-3-5-14(13)22-17(15)19-10-18-16/h10-12H,3-9H2,1-2H3,(H,18,19,20)/i1D3,5D2. The highest BCUT2D eigenvalue weighted by Crippen LogP contribution is 2.39. The fourth-order valence-corrected chi connectivity index (χ4v) is 4.70. The van der Waals surface area contributed by atoms with E-state index in [2.05, 4.69) is 15.3 Å². The number of thiophene rings is 1. The summed E-state index contributed by atoms with van der Waals surface area (Å²) in [5.41, 5.74) is 1.05. The number of anilines is 1. The van der Waals surface area contributed by atoms with Crippen LogP contribution >= 0.6 is 11.3 Å². The van der Waals surface area contributed by atoms with E-state index in [-0.39, 0.29) is 12.1 Å². The van der Waals surface area contributed by atoms with Gasteiger partial charge in [-0.1, -0.05) is 0 Å². The average molecular weight is 322 g/mol. The molecule has 4 nitrogen and oxygen atoms in total. The first kappa shape index (κ1) is 9.83. The summed E-state index contributed by atoms with van der Waals surface area (Å²) in [6, 6.07) is 0.330. The van der Waals surface area contributed by atoms with Crippen molar-refractivity contribution >= 4 is 27.4 Å². The van der Waals surface area contributed by atoms with Gasteiger partial charge in [-0.2, -0.15) is 0 Å². The van der Waals surface area contributed by atoms with Crippen LogP contribution in [0.2, 0.25) is 0 Å². The van der Waals surface area contributed by atoms with Gasteiger partial charge in [-0.25, -0.2) is 9.97 Å². The van der Waals surface area contributed by atoms with Crippen molar-refractivity contribution in [3.8, 4) is 0 Å². The zero-order chi connectivity index (χ0) is 19.4. The summed E-state index contributed by atoms with van der Waals surface area (Å²) in [5, 5.41) is 4.51. The van der Waals surface area contributed by atoms with Crippen LogP contribution in [-0.4, -0.2) is 41.0 Å². The molecule has 0 unspecified atom stereocenters. The second-order valence-corrected chi connectivity index (χ2v) is 7.25. The van der Waals surface area contributed by atoms with Crippen molar-refractivity contribution in [2.45, 2.75) is 57.0 Å². The van der Waals surface area contributed by atoms with Gasteiger partial charge in [0.05, 0.1) is 5.39 Å². The molecule has 1 fully saturated rings. The highest BCUT2D eigenvalue weighted by atomic mass is 32.1. The molecule has 118 valence electrons. The number of aromatic nitrogens is 2. The molecular weight excluding hydrogens is 292 g/mol. The predicted octanol–water partition coefficient (Wildman–Crippen LogP) is 3.46. The van der Waals surface area contributed by atoms with E-state index in [4.69, 9.17) is 6.85 Å². The van der Waals surface area contributed by atoms with Crippen LogP contribution in [0.25, 0.3) is 10.2 Å². The topological polar surface area (TPSA) is 41.1 Å². The lowest BCUT2D eigenvalue weighted by Gasteiger charge is -2.33. The molecule has 0 bridgehead atoms. The Hall–Kier alpha value is -1.20. The van der Waals surface area contributed by atoms with Crippen molar-refractivity contribution in [1.29, 1.82) is 0 Å². The summed E-state index contributed by atoms with van der Waals surface area (Å²) in [6.07, 6.45) is 4.98. The molecule has 1 saturated carbocycles. The van der Waals surface area contributed by atoms with Crippen LogP contribution in [0.3, 0.4) is 0 Å². The highest BCUT2D eigenvalue weighted by Gasteiger charge is 2.25. The Bertz CT molecular complexity index is 842. The van der Waals surface area contributed by atoms with Crippen molar-refractivity contribution in [2.24, 2.45) is 0 Å². The first-order valence-corrected chi connectivity index (χ1v) is 8.75. The van der Waals surface area contributed by atoms with Gasteiger partial charge in [0.15, 0.2) is 0 Å². The second kappa shape index (κ2) is 5.78. The number of hydrogen-bond donors (Lipinski definition) is 1. The smallest absolute Gasteiger partial charge is 0.138 e. The zero-order valence-corrected chi connectivity index (χ0v) is 13.5. The minimum Gasteiger partial charge on any atom is -0.367 e. The van der Waals surface area contributed by atoms with Gasteiger partial charge in [0.25, 0.3) is 0 Å². The Morgan fingerprint density at radius 3 is 3.05 bits per heavy atom. The van der Waals surface area contributed by atoms with Crippen LogP contribution in [-0.2, 0) is 12.8 Å². The molecular formula is C17H24N4S. The van der Waals surface area contributed by atoms with E-state index >= 15 is 0 Å². The third kappa shape index (κ3) is 2.50. The van der Waals surface area contributed by atoms with E-state index in [1.165, 1.54) is 16.2 Å². The quantitative estimate of drug-likeness (QED) is 0.940. The van der Waals surface area contributed by atoms with Crippen LogP contribution in [0.15, 0.2) is 6.33 Å². The third-order valence-corrected chi connectivity index (χ3v) is 5.93. The minimum absolute atomic E-state index is 0.0820. The number of hydrogen-bond acceptors (Lipinski definition) is 5. The van der Waals surface area contributed by atoms with Crippen molar-refractivity contribution in [3.63, 3.8) is 0 Å². The molecule has 22 heavy (non-hydrogen) atoms. The molecule has 5 heteroatoms. The number of nitrogens with one attached hydrogen (secondary N) is 1. The van der Waals surface area contributed by atoms with Gasteiger partial charge in [-0.05, 0) is 64.5 Å². The molecule has 4 rings (SSSR count). The maximum atomic E-state index is 8.19. The highest BCUT2D eigenvalue weighted by molar-refractivity contribution is 7.19. The number of fused-ring (bicyclic) bond motifs is 3. The average Bonchev–Trinajstić information content (AvgIpc) is 3.12. The Balaban J connectivity index is 1.51. The van der Waals surface area contributed by atoms with E-state index in [0.29, 0.717) is 6.42 Å². The second-order valence-electron chi connectivity index (χ2n) is 6.25. The van der Waals surface area contributed by atoms with Crippen LogP contribution in [0.5, 0.6) is 0 Å². The first-order valence-electron chi connectivity index (χ1n) is 10.4. The molecule has 2 aromatic heterocycles. The van der Waals surface area contributed by atoms with Gasteiger partial charge in [-0.15, -0.1) is 11.3 Å². The lowest BCUT2D eigenvalue weighted by atomic mass is 9.90. The Morgan fingerprint density at radius 1 is 1.36 bits per heavy atom.